The van der Waals surface area contributed by atoms with Gasteiger partial charge in [0.15, 0.2) is 5.82 Å². The van der Waals surface area contributed by atoms with E-state index in [4.69, 9.17) is 9.97 Å². The van der Waals surface area contributed by atoms with Crippen molar-refractivity contribution in [3.63, 3.8) is 0 Å². The molecule has 2 aromatic heterocycles. The summed E-state index contributed by atoms with van der Waals surface area (Å²) in [5.74, 6) is 0.676. The minimum Gasteiger partial charge on any atom is -0.508 e. The summed E-state index contributed by atoms with van der Waals surface area (Å²) >= 11 is 0. The van der Waals surface area contributed by atoms with Gasteiger partial charge in [-0.1, -0.05) is 69.0 Å². The van der Waals surface area contributed by atoms with Gasteiger partial charge in [-0.3, -0.25) is 9.59 Å². The SMILES string of the molecule is C=CC(=O)N1CCN(c2nc(NCCC(=O)NCc3ccc(-n4c(-c5cc(C(C)C)c(O)cc5O)n[nH]c4=O)cc3)nc3c2CCN(c2cccc4ccccc24)C3)C[C@H]1CC#N. The number of amides is 2. The van der Waals surface area contributed by atoms with Crippen LogP contribution in [0.1, 0.15) is 55.0 Å². The van der Waals surface area contributed by atoms with Gasteiger partial charge in [-0.25, -0.2) is 19.4 Å². The zero-order chi connectivity index (χ0) is 44.2. The molecule has 0 saturated carbocycles. The zero-order valence-corrected chi connectivity index (χ0v) is 35.2. The van der Waals surface area contributed by atoms with E-state index in [1.807, 2.05) is 26.0 Å². The lowest BCUT2D eigenvalue weighted by Gasteiger charge is -2.42. The summed E-state index contributed by atoms with van der Waals surface area (Å²) in [6.45, 7) is 10.7. The van der Waals surface area contributed by atoms with Crippen molar-refractivity contribution in [2.75, 3.05) is 47.8 Å². The van der Waals surface area contributed by atoms with Crippen molar-refractivity contribution in [1.82, 2.24) is 34.9 Å². The summed E-state index contributed by atoms with van der Waals surface area (Å²) in [5.41, 5.74) is 4.74. The largest absolute Gasteiger partial charge is 0.508 e. The standard InChI is InChI=1S/C47H49N11O5/c1-4-43(62)57-23-22-56(27-33(57)16-19-48)44-35-18-21-55(39-11-7-9-31-8-5-6-10-34(31)39)28-38(35)51-46(52-44)49-20-17-42(61)50-26-30-12-14-32(15-13-30)58-45(53-54-47(58)63)37-24-36(29(2)3)40(59)25-41(37)60/h4-15,24-25,29,33,59-60H,1,16-18,20-23,26-28H2,2-3H3,(H,50,61)(H,54,63)(H,49,51,52)/t33-/m1/s1. The number of nitrogens with zero attached hydrogens (tertiary/aromatic N) is 8. The summed E-state index contributed by atoms with van der Waals surface area (Å²) in [6.07, 6.45) is 2.32. The first-order valence-electron chi connectivity index (χ1n) is 21.0. The molecule has 2 aliphatic heterocycles. The average Bonchev–Trinajstić information content (AvgIpc) is 3.67. The highest BCUT2D eigenvalue weighted by molar-refractivity contribution is 5.94. The van der Waals surface area contributed by atoms with Crippen LogP contribution in [0, 0.1) is 11.3 Å². The molecule has 1 saturated heterocycles. The molecule has 0 spiro atoms. The third-order valence-electron chi connectivity index (χ3n) is 11.7. The second-order valence-electron chi connectivity index (χ2n) is 16.1. The van der Waals surface area contributed by atoms with Gasteiger partial charge >= 0.3 is 5.69 Å². The van der Waals surface area contributed by atoms with Crippen LogP contribution in [0.15, 0.2) is 96.3 Å². The molecule has 0 aliphatic carbocycles. The quantitative estimate of drug-likeness (QED) is 0.0913. The fourth-order valence-electron chi connectivity index (χ4n) is 8.47. The molecule has 1 fully saturated rings. The predicted molar refractivity (Wildman–Crippen MR) is 241 cm³/mol. The maximum atomic E-state index is 13.1. The number of hydrogen-bond donors (Lipinski definition) is 5. The molecule has 5 N–H and O–H groups in total. The van der Waals surface area contributed by atoms with E-state index in [0.717, 1.165) is 45.6 Å². The van der Waals surface area contributed by atoms with Gasteiger partial charge in [0, 0.05) is 68.4 Å². The number of carbonyl (C=O) groups is 2. The van der Waals surface area contributed by atoms with Crippen LogP contribution in [0.25, 0.3) is 27.8 Å². The first-order valence-corrected chi connectivity index (χ1v) is 21.0. The summed E-state index contributed by atoms with van der Waals surface area (Å²) in [4.78, 5) is 54.9. The van der Waals surface area contributed by atoms with E-state index in [-0.39, 0.29) is 67.0 Å². The normalized spacial score (nSPS) is 15.0. The van der Waals surface area contributed by atoms with Crippen LogP contribution in [0.3, 0.4) is 0 Å². The summed E-state index contributed by atoms with van der Waals surface area (Å²) in [5, 5.41) is 45.8. The van der Waals surface area contributed by atoms with Crippen LogP contribution in [-0.2, 0) is 29.1 Å². The zero-order valence-electron chi connectivity index (χ0n) is 35.2. The van der Waals surface area contributed by atoms with Gasteiger partial charge in [-0.15, -0.1) is 0 Å². The number of hydrogen-bond acceptors (Lipinski definition) is 12. The Kier molecular flexibility index (Phi) is 12.1. The number of nitrogens with one attached hydrogen (secondary N) is 3. The highest BCUT2D eigenvalue weighted by Crippen LogP contribution is 2.38. The molecule has 0 radical (unpaired) electrons. The van der Waals surface area contributed by atoms with Crippen molar-refractivity contribution in [1.29, 1.82) is 5.26 Å². The number of aromatic hydroxyl groups is 2. The molecule has 16 heteroatoms. The molecule has 0 unspecified atom stereocenters. The number of benzene rings is 4. The number of H-pyrrole nitrogens is 1. The number of phenols is 2. The average molecular weight is 848 g/mol. The van der Waals surface area contributed by atoms with Crippen LogP contribution in [0.4, 0.5) is 17.5 Å². The van der Waals surface area contributed by atoms with Crippen molar-refractivity contribution >= 4 is 40.0 Å². The minimum atomic E-state index is -0.500. The Morgan fingerprint density at radius 1 is 1.00 bits per heavy atom. The van der Waals surface area contributed by atoms with E-state index >= 15 is 0 Å². The van der Waals surface area contributed by atoms with Crippen LogP contribution < -0.4 is 26.1 Å². The first-order chi connectivity index (χ1) is 30.5. The third-order valence-corrected chi connectivity index (χ3v) is 11.7. The molecule has 2 amide bonds. The number of piperazine rings is 1. The van der Waals surface area contributed by atoms with Crippen molar-refractivity contribution in [2.24, 2.45) is 0 Å². The number of anilines is 3. The molecule has 16 nitrogen and oxygen atoms in total. The Balaban J connectivity index is 0.954. The number of nitriles is 1. The van der Waals surface area contributed by atoms with Crippen LogP contribution in [-0.4, -0.2) is 90.4 Å². The predicted octanol–water partition coefficient (Wildman–Crippen LogP) is 5.50. The summed E-state index contributed by atoms with van der Waals surface area (Å²) < 4.78 is 1.34. The topological polar surface area (TPSA) is 209 Å². The van der Waals surface area contributed by atoms with Crippen LogP contribution >= 0.6 is 0 Å². The number of fused-ring (bicyclic) bond motifs is 2. The van der Waals surface area contributed by atoms with Gasteiger partial charge in [0.2, 0.25) is 17.8 Å². The Labute approximate surface area is 364 Å². The van der Waals surface area contributed by atoms with Crippen LogP contribution in [0.5, 0.6) is 11.5 Å². The lowest BCUT2D eigenvalue weighted by atomic mass is 9.98. The molecule has 4 heterocycles. The molecule has 8 rings (SSSR count). The van der Waals surface area contributed by atoms with Gasteiger partial charge in [0.1, 0.15) is 17.3 Å². The van der Waals surface area contributed by atoms with E-state index in [2.05, 4.69) is 73.6 Å². The molecule has 1 atom stereocenters. The molecule has 322 valence electrons. The molecule has 6 aromatic rings. The van der Waals surface area contributed by atoms with Gasteiger partial charge < -0.3 is 35.5 Å². The Bertz CT molecular complexity index is 2790. The number of phenolic OH excluding ortho intramolecular Hbond substituents is 2. The fraction of sp³-hybridized carbons (Fsp3) is 0.298. The summed E-state index contributed by atoms with van der Waals surface area (Å²) in [7, 11) is 0. The second-order valence-corrected chi connectivity index (χ2v) is 16.1. The van der Waals surface area contributed by atoms with Crippen molar-refractivity contribution in [3.8, 4) is 34.6 Å². The first kappa shape index (κ1) is 42.0. The maximum absolute atomic E-state index is 13.1. The summed E-state index contributed by atoms with van der Waals surface area (Å²) in [6, 6.07) is 26.5. The van der Waals surface area contributed by atoms with E-state index < -0.39 is 5.69 Å². The van der Waals surface area contributed by atoms with E-state index in [0.29, 0.717) is 55.4 Å². The van der Waals surface area contributed by atoms with Crippen molar-refractivity contribution in [2.45, 2.75) is 58.2 Å². The third kappa shape index (κ3) is 8.76. The van der Waals surface area contributed by atoms with Crippen LogP contribution in [0.2, 0.25) is 0 Å². The van der Waals surface area contributed by atoms with Gasteiger partial charge in [0.05, 0.1) is 42.0 Å². The molecule has 63 heavy (non-hydrogen) atoms. The highest BCUT2D eigenvalue weighted by Gasteiger charge is 2.33. The lowest BCUT2D eigenvalue weighted by Crippen LogP contribution is -2.55. The molecule has 2 aliphatic rings. The fourth-order valence-corrected chi connectivity index (χ4v) is 8.47. The molecule has 0 bridgehead atoms. The molecule has 4 aromatic carbocycles. The number of aromatic amines is 1. The van der Waals surface area contributed by atoms with Gasteiger partial charge in [-0.05, 0) is 59.2 Å². The Hall–Kier alpha value is -7.67. The molecular weight excluding hydrogens is 799 g/mol. The number of carbonyl (C=O) groups excluding carboxylic acids is 2. The smallest absolute Gasteiger partial charge is 0.348 e. The highest BCUT2D eigenvalue weighted by atomic mass is 16.3. The Morgan fingerprint density at radius 3 is 2.57 bits per heavy atom. The number of aromatic nitrogens is 5. The van der Waals surface area contributed by atoms with Gasteiger partial charge in [0.25, 0.3) is 0 Å². The van der Waals surface area contributed by atoms with E-state index in [1.165, 1.54) is 16.7 Å². The lowest BCUT2D eigenvalue weighted by molar-refractivity contribution is -0.128. The minimum absolute atomic E-state index is 0.0363. The van der Waals surface area contributed by atoms with Gasteiger partial charge in [-0.2, -0.15) is 15.3 Å². The second kappa shape index (κ2) is 18.1. The van der Waals surface area contributed by atoms with E-state index in [1.54, 1.807) is 35.2 Å². The van der Waals surface area contributed by atoms with Crippen molar-refractivity contribution in [3.05, 3.63) is 124 Å². The number of rotatable bonds is 13. The monoisotopic (exact) mass is 847 g/mol. The molecular formula is C47H49N11O5. The van der Waals surface area contributed by atoms with E-state index in [9.17, 15) is 29.9 Å². The Morgan fingerprint density at radius 2 is 1.79 bits per heavy atom. The van der Waals surface area contributed by atoms with Crippen molar-refractivity contribution < 1.29 is 19.8 Å². The maximum Gasteiger partial charge on any atom is 0.348 e.